The minimum atomic E-state index is -0.276. The Labute approximate surface area is 126 Å². The Morgan fingerprint density at radius 2 is 2.00 bits per heavy atom. The molecule has 2 atom stereocenters. The molecular weight excluding hydrogens is 269 g/mol. The number of aryl methyl sites for hydroxylation is 1. The van der Waals surface area contributed by atoms with Crippen LogP contribution in [0.4, 0.5) is 4.39 Å². The molecular formula is C17H26FNO2. The van der Waals surface area contributed by atoms with E-state index >= 15 is 0 Å². The molecule has 1 aromatic rings. The van der Waals surface area contributed by atoms with Crippen molar-refractivity contribution in [2.45, 2.75) is 58.3 Å². The zero-order valence-corrected chi connectivity index (χ0v) is 13.4. The molecule has 2 rings (SSSR count). The molecule has 1 saturated heterocycles. The third-order valence-corrected chi connectivity index (χ3v) is 3.64. The van der Waals surface area contributed by atoms with Crippen molar-refractivity contribution in [1.82, 2.24) is 5.32 Å². The van der Waals surface area contributed by atoms with Gasteiger partial charge < -0.3 is 14.8 Å². The molecule has 1 aliphatic rings. The summed E-state index contributed by atoms with van der Waals surface area (Å²) in [5.74, 6) is 0.0383. The number of ether oxygens (including phenoxy) is 2. The molecule has 1 N–H and O–H groups in total. The fourth-order valence-electron chi connectivity index (χ4n) is 2.39. The van der Waals surface area contributed by atoms with E-state index in [-0.39, 0.29) is 23.6 Å². The molecule has 1 aromatic carbocycles. The first-order valence-electron chi connectivity index (χ1n) is 7.63. The van der Waals surface area contributed by atoms with Crippen LogP contribution in [-0.2, 0) is 4.74 Å². The summed E-state index contributed by atoms with van der Waals surface area (Å²) in [4.78, 5) is 0. The third kappa shape index (κ3) is 4.97. The van der Waals surface area contributed by atoms with Crippen LogP contribution in [0.5, 0.6) is 5.75 Å². The maximum Gasteiger partial charge on any atom is 0.167 e. The number of hydrogen-bond donors (Lipinski definition) is 1. The topological polar surface area (TPSA) is 30.5 Å². The molecule has 0 radical (unpaired) electrons. The van der Waals surface area contributed by atoms with Gasteiger partial charge in [-0.15, -0.1) is 0 Å². The van der Waals surface area contributed by atoms with Crippen LogP contribution in [0.25, 0.3) is 0 Å². The molecule has 4 heteroatoms. The lowest BCUT2D eigenvalue weighted by Crippen LogP contribution is -2.41. The molecule has 3 nitrogen and oxygen atoms in total. The molecule has 2 unspecified atom stereocenters. The molecule has 1 aliphatic heterocycles. The summed E-state index contributed by atoms with van der Waals surface area (Å²) in [6.45, 7) is 9.42. The van der Waals surface area contributed by atoms with Gasteiger partial charge in [0.2, 0.25) is 0 Å². The Morgan fingerprint density at radius 1 is 1.29 bits per heavy atom. The van der Waals surface area contributed by atoms with Gasteiger partial charge in [-0.1, -0.05) is 12.1 Å². The maximum atomic E-state index is 13.8. The van der Waals surface area contributed by atoms with Crippen molar-refractivity contribution in [3.05, 3.63) is 29.6 Å². The summed E-state index contributed by atoms with van der Waals surface area (Å²) in [7, 11) is 0. The molecule has 1 fully saturated rings. The molecule has 118 valence electrons. The smallest absolute Gasteiger partial charge is 0.167 e. The zero-order valence-electron chi connectivity index (χ0n) is 13.4. The van der Waals surface area contributed by atoms with Crippen molar-refractivity contribution in [3.8, 4) is 5.75 Å². The van der Waals surface area contributed by atoms with Crippen LogP contribution in [0, 0.1) is 12.7 Å². The molecule has 0 spiro atoms. The van der Waals surface area contributed by atoms with E-state index in [9.17, 15) is 4.39 Å². The third-order valence-electron chi connectivity index (χ3n) is 3.64. The Balaban J connectivity index is 1.77. The van der Waals surface area contributed by atoms with E-state index in [4.69, 9.17) is 9.47 Å². The van der Waals surface area contributed by atoms with E-state index in [1.807, 2.05) is 0 Å². The molecule has 0 aliphatic carbocycles. The van der Waals surface area contributed by atoms with E-state index in [0.717, 1.165) is 19.4 Å². The number of rotatable bonds is 5. The van der Waals surface area contributed by atoms with Gasteiger partial charge in [-0.2, -0.15) is 0 Å². The van der Waals surface area contributed by atoms with Crippen molar-refractivity contribution in [2.24, 2.45) is 0 Å². The highest BCUT2D eigenvalue weighted by Crippen LogP contribution is 2.23. The summed E-state index contributed by atoms with van der Waals surface area (Å²) in [6, 6.07) is 5.21. The van der Waals surface area contributed by atoms with Gasteiger partial charge in [0.05, 0.1) is 12.2 Å². The lowest BCUT2D eigenvalue weighted by atomic mass is 10.1. The first-order chi connectivity index (χ1) is 9.85. The van der Waals surface area contributed by atoms with Gasteiger partial charge in [-0.25, -0.2) is 4.39 Å². The average Bonchev–Trinajstić information content (AvgIpc) is 2.85. The van der Waals surface area contributed by atoms with Crippen LogP contribution in [0.1, 0.15) is 39.2 Å². The first kappa shape index (κ1) is 16.2. The normalized spacial score (nSPS) is 22.5. The summed E-state index contributed by atoms with van der Waals surface area (Å²) < 4.78 is 25.3. The van der Waals surface area contributed by atoms with Crippen molar-refractivity contribution >= 4 is 0 Å². The van der Waals surface area contributed by atoms with Crippen molar-refractivity contribution in [2.75, 3.05) is 13.2 Å². The Kier molecular flexibility index (Phi) is 5.22. The predicted octanol–water partition coefficient (Wildman–Crippen LogP) is 3.45. The first-order valence-corrected chi connectivity index (χ1v) is 7.63. The largest absolute Gasteiger partial charge is 0.488 e. The van der Waals surface area contributed by atoms with E-state index in [1.165, 1.54) is 0 Å². The summed E-state index contributed by atoms with van der Waals surface area (Å²) >= 11 is 0. The fraction of sp³-hybridized carbons (Fsp3) is 0.647. The number of benzene rings is 1. The minimum Gasteiger partial charge on any atom is -0.488 e. The van der Waals surface area contributed by atoms with Gasteiger partial charge in [0.25, 0.3) is 0 Å². The van der Waals surface area contributed by atoms with Crippen LogP contribution >= 0.6 is 0 Å². The highest BCUT2D eigenvalue weighted by Gasteiger charge is 2.27. The average molecular weight is 295 g/mol. The highest BCUT2D eigenvalue weighted by atomic mass is 19.1. The maximum absolute atomic E-state index is 13.8. The molecule has 1 heterocycles. The van der Waals surface area contributed by atoms with Gasteiger partial charge in [0, 0.05) is 12.1 Å². The molecule has 21 heavy (non-hydrogen) atoms. The summed E-state index contributed by atoms with van der Waals surface area (Å²) in [5, 5.41) is 3.45. The standard InChI is InChI=1S/C17H26FNO2/c1-12-6-5-7-15(16(12)18)20-11-14-9-8-13(21-14)10-19-17(2,3)4/h5-7,13-14,19H,8-11H2,1-4H3. The number of hydrogen-bond acceptors (Lipinski definition) is 3. The Morgan fingerprint density at radius 3 is 2.71 bits per heavy atom. The SMILES string of the molecule is Cc1cccc(OCC2CCC(CNC(C)(C)C)O2)c1F. The summed E-state index contributed by atoms with van der Waals surface area (Å²) in [5.41, 5.74) is 0.704. The second-order valence-corrected chi connectivity index (χ2v) is 6.79. The van der Waals surface area contributed by atoms with Gasteiger partial charge in [-0.3, -0.25) is 0 Å². The van der Waals surface area contributed by atoms with E-state index < -0.39 is 0 Å². The van der Waals surface area contributed by atoms with Gasteiger partial charge in [-0.05, 0) is 52.2 Å². The Bertz CT molecular complexity index is 470. The van der Waals surface area contributed by atoms with Crippen molar-refractivity contribution in [3.63, 3.8) is 0 Å². The highest BCUT2D eigenvalue weighted by molar-refractivity contribution is 5.30. The van der Waals surface area contributed by atoms with Crippen LogP contribution in [-0.4, -0.2) is 30.9 Å². The van der Waals surface area contributed by atoms with Gasteiger partial charge >= 0.3 is 0 Å². The van der Waals surface area contributed by atoms with Crippen molar-refractivity contribution in [1.29, 1.82) is 0 Å². The van der Waals surface area contributed by atoms with Crippen LogP contribution < -0.4 is 10.1 Å². The summed E-state index contributed by atoms with van der Waals surface area (Å²) in [6.07, 6.45) is 2.26. The van der Waals surface area contributed by atoms with Crippen LogP contribution in [0.15, 0.2) is 18.2 Å². The molecule has 0 aromatic heterocycles. The molecule has 0 amide bonds. The number of halogens is 1. The lowest BCUT2D eigenvalue weighted by molar-refractivity contribution is 0.0154. The predicted molar refractivity (Wildman–Crippen MR) is 82.3 cm³/mol. The monoisotopic (exact) mass is 295 g/mol. The van der Waals surface area contributed by atoms with E-state index in [1.54, 1.807) is 25.1 Å². The fourth-order valence-corrected chi connectivity index (χ4v) is 2.39. The zero-order chi connectivity index (χ0) is 15.5. The lowest BCUT2D eigenvalue weighted by Gasteiger charge is -2.23. The quantitative estimate of drug-likeness (QED) is 0.902. The van der Waals surface area contributed by atoms with Crippen LogP contribution in [0.3, 0.4) is 0 Å². The van der Waals surface area contributed by atoms with E-state index in [2.05, 4.69) is 26.1 Å². The molecule has 0 saturated carbocycles. The second-order valence-electron chi connectivity index (χ2n) is 6.79. The minimum absolute atomic E-state index is 0.0525. The van der Waals surface area contributed by atoms with Gasteiger partial charge in [0.1, 0.15) is 6.61 Å². The van der Waals surface area contributed by atoms with Crippen LogP contribution in [0.2, 0.25) is 0 Å². The van der Waals surface area contributed by atoms with Gasteiger partial charge in [0.15, 0.2) is 11.6 Å². The van der Waals surface area contributed by atoms with E-state index in [0.29, 0.717) is 17.9 Å². The second kappa shape index (κ2) is 6.75. The number of nitrogens with one attached hydrogen (secondary N) is 1. The van der Waals surface area contributed by atoms with Crippen molar-refractivity contribution < 1.29 is 13.9 Å². The molecule has 0 bridgehead atoms. The Hall–Kier alpha value is -1.13.